The molecule has 0 aromatic heterocycles. The van der Waals surface area contributed by atoms with E-state index in [0.29, 0.717) is 11.1 Å². The Morgan fingerprint density at radius 2 is 2.00 bits per heavy atom. The van der Waals surface area contributed by atoms with Gasteiger partial charge in [-0.05, 0) is 30.7 Å². The van der Waals surface area contributed by atoms with E-state index in [0.717, 1.165) is 11.3 Å². The van der Waals surface area contributed by atoms with Crippen molar-refractivity contribution in [3.05, 3.63) is 65.0 Å². The molecule has 0 amide bonds. The molecule has 0 N–H and O–H groups in total. The fraction of sp³-hybridized carbons (Fsp3) is 0.133. The molecule has 0 heterocycles. The van der Waals surface area contributed by atoms with Crippen LogP contribution in [0, 0.1) is 24.1 Å². The standard InChI is InChI=1S/C15H12FNO/c1-11-4-2-3-5-15(11)18-10-13-7-6-12(9-17)8-14(13)16/h2-8H,10H2,1H3. The minimum atomic E-state index is -0.414. The average molecular weight is 241 g/mol. The number of benzene rings is 2. The number of hydrogen-bond donors (Lipinski definition) is 0. The number of nitriles is 1. The van der Waals surface area contributed by atoms with E-state index in [4.69, 9.17) is 10.00 Å². The Hall–Kier alpha value is -2.34. The number of nitrogens with zero attached hydrogens (tertiary/aromatic N) is 1. The molecule has 2 nitrogen and oxygen atoms in total. The second-order valence-corrected chi connectivity index (χ2v) is 3.97. The molecular formula is C15H12FNO. The Bertz CT molecular complexity index is 602. The lowest BCUT2D eigenvalue weighted by Crippen LogP contribution is -2.00. The molecule has 0 aliphatic carbocycles. The van der Waals surface area contributed by atoms with Gasteiger partial charge >= 0.3 is 0 Å². The molecule has 0 aliphatic rings. The first-order chi connectivity index (χ1) is 8.70. The van der Waals surface area contributed by atoms with Gasteiger partial charge in [-0.2, -0.15) is 5.26 Å². The predicted molar refractivity (Wildman–Crippen MR) is 66.6 cm³/mol. The molecule has 90 valence electrons. The molecule has 0 fully saturated rings. The molecule has 2 aromatic rings. The summed E-state index contributed by atoms with van der Waals surface area (Å²) in [6, 6.07) is 13.8. The zero-order chi connectivity index (χ0) is 13.0. The molecule has 0 saturated carbocycles. The Kier molecular flexibility index (Phi) is 3.59. The number of para-hydroxylation sites is 1. The van der Waals surface area contributed by atoms with E-state index in [1.807, 2.05) is 37.3 Å². The second kappa shape index (κ2) is 5.33. The van der Waals surface area contributed by atoms with Crippen LogP contribution in [0.2, 0.25) is 0 Å². The molecule has 0 aliphatic heterocycles. The van der Waals surface area contributed by atoms with Gasteiger partial charge in [0.1, 0.15) is 18.2 Å². The van der Waals surface area contributed by atoms with E-state index in [1.54, 1.807) is 12.1 Å². The summed E-state index contributed by atoms with van der Waals surface area (Å²) >= 11 is 0. The van der Waals surface area contributed by atoms with Gasteiger partial charge in [0.05, 0.1) is 11.6 Å². The van der Waals surface area contributed by atoms with Crippen molar-refractivity contribution in [2.24, 2.45) is 0 Å². The maximum Gasteiger partial charge on any atom is 0.131 e. The van der Waals surface area contributed by atoms with Crippen LogP contribution in [0.25, 0.3) is 0 Å². The summed E-state index contributed by atoms with van der Waals surface area (Å²) in [5, 5.41) is 8.65. The van der Waals surface area contributed by atoms with Crippen LogP contribution in [-0.2, 0) is 6.61 Å². The van der Waals surface area contributed by atoms with Crippen molar-refractivity contribution >= 4 is 0 Å². The summed E-state index contributed by atoms with van der Waals surface area (Å²) in [5.41, 5.74) is 1.76. The topological polar surface area (TPSA) is 33.0 Å². The number of ether oxygens (including phenoxy) is 1. The summed E-state index contributed by atoms with van der Waals surface area (Å²) in [6.07, 6.45) is 0. The molecule has 3 heteroatoms. The van der Waals surface area contributed by atoms with Gasteiger partial charge in [-0.1, -0.05) is 24.3 Å². The van der Waals surface area contributed by atoms with Crippen molar-refractivity contribution in [1.82, 2.24) is 0 Å². The van der Waals surface area contributed by atoms with Crippen LogP contribution in [0.1, 0.15) is 16.7 Å². The Labute approximate surface area is 105 Å². The van der Waals surface area contributed by atoms with Crippen LogP contribution in [0.3, 0.4) is 0 Å². The van der Waals surface area contributed by atoms with Gasteiger partial charge in [-0.3, -0.25) is 0 Å². The smallest absolute Gasteiger partial charge is 0.131 e. The van der Waals surface area contributed by atoms with Gasteiger partial charge in [0, 0.05) is 5.56 Å². The lowest BCUT2D eigenvalue weighted by atomic mass is 10.1. The first-order valence-electron chi connectivity index (χ1n) is 5.57. The van der Waals surface area contributed by atoms with Crippen molar-refractivity contribution in [3.63, 3.8) is 0 Å². The number of rotatable bonds is 3. The van der Waals surface area contributed by atoms with Gasteiger partial charge in [0.25, 0.3) is 0 Å². The first-order valence-corrected chi connectivity index (χ1v) is 5.57. The molecule has 0 spiro atoms. The van der Waals surface area contributed by atoms with Gasteiger partial charge < -0.3 is 4.74 Å². The average Bonchev–Trinajstić information content (AvgIpc) is 2.39. The van der Waals surface area contributed by atoms with Crippen LogP contribution < -0.4 is 4.74 Å². The highest BCUT2D eigenvalue weighted by Crippen LogP contribution is 2.19. The molecule has 0 bridgehead atoms. The Morgan fingerprint density at radius 1 is 1.22 bits per heavy atom. The largest absolute Gasteiger partial charge is 0.489 e. The van der Waals surface area contributed by atoms with E-state index < -0.39 is 5.82 Å². The lowest BCUT2D eigenvalue weighted by molar-refractivity contribution is 0.298. The summed E-state index contributed by atoms with van der Waals surface area (Å²) in [5.74, 6) is 0.323. The Balaban J connectivity index is 2.12. The summed E-state index contributed by atoms with van der Waals surface area (Å²) < 4.78 is 19.2. The second-order valence-electron chi connectivity index (χ2n) is 3.97. The zero-order valence-corrected chi connectivity index (χ0v) is 9.98. The van der Waals surface area contributed by atoms with Crippen LogP contribution in [-0.4, -0.2) is 0 Å². The maximum atomic E-state index is 13.6. The fourth-order valence-electron chi connectivity index (χ4n) is 1.61. The van der Waals surface area contributed by atoms with E-state index in [-0.39, 0.29) is 6.61 Å². The van der Waals surface area contributed by atoms with Crippen molar-refractivity contribution in [3.8, 4) is 11.8 Å². The monoisotopic (exact) mass is 241 g/mol. The van der Waals surface area contributed by atoms with Gasteiger partial charge in [0.15, 0.2) is 0 Å². The summed E-state index contributed by atoms with van der Waals surface area (Å²) in [6.45, 7) is 2.09. The maximum absolute atomic E-state index is 13.6. The zero-order valence-electron chi connectivity index (χ0n) is 9.98. The van der Waals surface area contributed by atoms with Crippen LogP contribution in [0.5, 0.6) is 5.75 Å². The fourth-order valence-corrected chi connectivity index (χ4v) is 1.61. The third kappa shape index (κ3) is 2.67. The Morgan fingerprint density at radius 3 is 2.67 bits per heavy atom. The highest BCUT2D eigenvalue weighted by molar-refractivity contribution is 5.34. The third-order valence-electron chi connectivity index (χ3n) is 2.66. The summed E-state index contributed by atoms with van der Waals surface area (Å²) in [4.78, 5) is 0. The highest BCUT2D eigenvalue weighted by atomic mass is 19.1. The van der Waals surface area contributed by atoms with Gasteiger partial charge in [-0.25, -0.2) is 4.39 Å². The van der Waals surface area contributed by atoms with E-state index in [1.165, 1.54) is 6.07 Å². The molecule has 2 aromatic carbocycles. The molecule has 0 atom stereocenters. The molecule has 0 radical (unpaired) electrons. The lowest BCUT2D eigenvalue weighted by Gasteiger charge is -2.09. The van der Waals surface area contributed by atoms with Crippen LogP contribution in [0.15, 0.2) is 42.5 Å². The molecular weight excluding hydrogens is 229 g/mol. The normalized spacial score (nSPS) is 9.83. The van der Waals surface area contributed by atoms with Crippen molar-refractivity contribution in [2.45, 2.75) is 13.5 Å². The van der Waals surface area contributed by atoms with E-state index in [2.05, 4.69) is 0 Å². The molecule has 0 saturated heterocycles. The third-order valence-corrected chi connectivity index (χ3v) is 2.66. The van der Waals surface area contributed by atoms with Crippen molar-refractivity contribution in [1.29, 1.82) is 5.26 Å². The summed E-state index contributed by atoms with van der Waals surface area (Å²) in [7, 11) is 0. The van der Waals surface area contributed by atoms with E-state index in [9.17, 15) is 4.39 Å². The van der Waals surface area contributed by atoms with Crippen molar-refractivity contribution in [2.75, 3.05) is 0 Å². The van der Waals surface area contributed by atoms with Gasteiger partial charge in [0.2, 0.25) is 0 Å². The minimum absolute atomic E-state index is 0.155. The molecule has 2 rings (SSSR count). The van der Waals surface area contributed by atoms with Gasteiger partial charge in [-0.15, -0.1) is 0 Å². The molecule has 18 heavy (non-hydrogen) atoms. The van der Waals surface area contributed by atoms with E-state index >= 15 is 0 Å². The first kappa shape index (κ1) is 12.1. The highest BCUT2D eigenvalue weighted by Gasteiger charge is 2.05. The molecule has 0 unspecified atom stereocenters. The quantitative estimate of drug-likeness (QED) is 0.822. The predicted octanol–water partition coefficient (Wildman–Crippen LogP) is 3.58. The van der Waals surface area contributed by atoms with Crippen LogP contribution in [0.4, 0.5) is 4.39 Å². The number of hydrogen-bond acceptors (Lipinski definition) is 2. The number of halogens is 1. The number of aryl methyl sites for hydroxylation is 1. The minimum Gasteiger partial charge on any atom is -0.489 e. The SMILES string of the molecule is Cc1ccccc1OCc1ccc(C#N)cc1F. The van der Waals surface area contributed by atoms with Crippen molar-refractivity contribution < 1.29 is 9.13 Å². The van der Waals surface area contributed by atoms with Crippen LogP contribution >= 0.6 is 0 Å².